The molecule has 2 N–H and O–H groups in total. The molecule has 25 heavy (non-hydrogen) atoms. The van der Waals surface area contributed by atoms with E-state index < -0.39 is 0 Å². The van der Waals surface area contributed by atoms with Crippen molar-refractivity contribution in [3.05, 3.63) is 35.7 Å². The predicted molar refractivity (Wildman–Crippen MR) is 102 cm³/mol. The van der Waals surface area contributed by atoms with Gasteiger partial charge in [0.15, 0.2) is 11.5 Å². The summed E-state index contributed by atoms with van der Waals surface area (Å²) in [6, 6.07) is 7.82. The molecular formula is C19H28N4O2. The van der Waals surface area contributed by atoms with E-state index in [9.17, 15) is 0 Å². The van der Waals surface area contributed by atoms with Gasteiger partial charge in [0.05, 0.1) is 14.2 Å². The summed E-state index contributed by atoms with van der Waals surface area (Å²) in [5.41, 5.74) is 1.09. The molecular weight excluding hydrogens is 316 g/mol. The fourth-order valence-corrected chi connectivity index (χ4v) is 2.52. The molecule has 0 aliphatic carbocycles. The van der Waals surface area contributed by atoms with Crippen LogP contribution in [0.3, 0.4) is 0 Å². The second kappa shape index (κ2) is 9.71. The van der Waals surface area contributed by atoms with E-state index >= 15 is 0 Å². The summed E-state index contributed by atoms with van der Waals surface area (Å²) in [5.74, 6) is 3.86. The Labute approximate surface area is 150 Å². The van der Waals surface area contributed by atoms with Crippen LogP contribution in [0.2, 0.25) is 0 Å². The van der Waals surface area contributed by atoms with Crippen LogP contribution in [0.4, 0.5) is 11.6 Å². The summed E-state index contributed by atoms with van der Waals surface area (Å²) < 4.78 is 10.6. The van der Waals surface area contributed by atoms with E-state index in [1.54, 1.807) is 14.2 Å². The maximum Gasteiger partial charge on any atom is 0.161 e. The Morgan fingerprint density at radius 1 is 0.920 bits per heavy atom. The van der Waals surface area contributed by atoms with E-state index in [-0.39, 0.29) is 0 Å². The van der Waals surface area contributed by atoms with Gasteiger partial charge in [-0.1, -0.05) is 25.8 Å². The summed E-state index contributed by atoms with van der Waals surface area (Å²) >= 11 is 0. The van der Waals surface area contributed by atoms with Crippen molar-refractivity contribution in [2.45, 2.75) is 39.7 Å². The van der Waals surface area contributed by atoms with Crippen molar-refractivity contribution in [1.29, 1.82) is 0 Å². The molecule has 0 atom stereocenters. The number of nitrogens with one attached hydrogen (secondary N) is 2. The predicted octanol–water partition coefficient (Wildman–Crippen LogP) is 4.02. The number of aromatic nitrogens is 2. The van der Waals surface area contributed by atoms with E-state index in [0.29, 0.717) is 6.54 Å². The normalized spacial score (nSPS) is 10.4. The molecule has 2 rings (SSSR count). The Hall–Kier alpha value is -2.50. The number of nitrogens with zero attached hydrogens (tertiary/aromatic N) is 2. The molecule has 0 radical (unpaired) electrons. The fourth-order valence-electron chi connectivity index (χ4n) is 2.52. The van der Waals surface area contributed by atoms with Gasteiger partial charge in [-0.3, -0.25) is 0 Å². The first-order chi connectivity index (χ1) is 12.2. The van der Waals surface area contributed by atoms with Gasteiger partial charge in [0.2, 0.25) is 0 Å². The Bertz CT molecular complexity index is 676. The van der Waals surface area contributed by atoms with Gasteiger partial charge in [-0.25, -0.2) is 9.97 Å². The van der Waals surface area contributed by atoms with Crippen molar-refractivity contribution in [2.24, 2.45) is 0 Å². The van der Waals surface area contributed by atoms with Crippen molar-refractivity contribution in [1.82, 2.24) is 9.97 Å². The summed E-state index contributed by atoms with van der Waals surface area (Å²) in [6.45, 7) is 5.68. The number of rotatable bonds is 10. The molecule has 0 aliphatic heterocycles. The minimum absolute atomic E-state index is 0.645. The Balaban J connectivity index is 1.99. The molecule has 0 aliphatic rings. The van der Waals surface area contributed by atoms with Crippen LogP contribution in [0, 0.1) is 6.92 Å². The third-order valence-corrected chi connectivity index (χ3v) is 3.85. The summed E-state index contributed by atoms with van der Waals surface area (Å²) in [5, 5.41) is 6.71. The lowest BCUT2D eigenvalue weighted by Gasteiger charge is -2.12. The highest BCUT2D eigenvalue weighted by atomic mass is 16.5. The van der Waals surface area contributed by atoms with Crippen LogP contribution in [0.15, 0.2) is 24.3 Å². The fraction of sp³-hybridized carbons (Fsp3) is 0.474. The highest BCUT2D eigenvalue weighted by molar-refractivity contribution is 5.49. The number of hydrogen-bond donors (Lipinski definition) is 2. The van der Waals surface area contributed by atoms with Gasteiger partial charge in [0.1, 0.15) is 17.5 Å². The van der Waals surface area contributed by atoms with Crippen LogP contribution in [-0.2, 0) is 6.54 Å². The minimum Gasteiger partial charge on any atom is -0.493 e. The molecule has 0 fully saturated rings. The Morgan fingerprint density at radius 3 is 2.32 bits per heavy atom. The molecule has 6 heteroatoms. The largest absolute Gasteiger partial charge is 0.493 e. The number of unbranched alkanes of at least 4 members (excludes halogenated alkanes) is 2. The highest BCUT2D eigenvalue weighted by Gasteiger charge is 2.06. The summed E-state index contributed by atoms with van der Waals surface area (Å²) in [7, 11) is 3.27. The van der Waals surface area contributed by atoms with Crippen molar-refractivity contribution in [2.75, 3.05) is 31.4 Å². The van der Waals surface area contributed by atoms with Crippen molar-refractivity contribution < 1.29 is 9.47 Å². The van der Waals surface area contributed by atoms with E-state index in [2.05, 4.69) is 27.5 Å². The van der Waals surface area contributed by atoms with Crippen LogP contribution >= 0.6 is 0 Å². The second-order valence-corrected chi connectivity index (χ2v) is 5.86. The molecule has 1 aromatic heterocycles. The van der Waals surface area contributed by atoms with Crippen molar-refractivity contribution in [3.8, 4) is 11.5 Å². The Kier molecular flexibility index (Phi) is 7.32. The first kappa shape index (κ1) is 18.8. The third-order valence-electron chi connectivity index (χ3n) is 3.85. The number of benzene rings is 1. The lowest BCUT2D eigenvalue weighted by atomic mass is 10.2. The van der Waals surface area contributed by atoms with Crippen LogP contribution in [0.25, 0.3) is 0 Å². The van der Waals surface area contributed by atoms with E-state index in [4.69, 9.17) is 9.47 Å². The van der Waals surface area contributed by atoms with Gasteiger partial charge in [-0.05, 0) is 31.0 Å². The van der Waals surface area contributed by atoms with Crippen LogP contribution < -0.4 is 20.1 Å². The van der Waals surface area contributed by atoms with Gasteiger partial charge in [0, 0.05) is 19.2 Å². The Morgan fingerprint density at radius 2 is 1.64 bits per heavy atom. The number of ether oxygens (including phenoxy) is 2. The highest BCUT2D eigenvalue weighted by Crippen LogP contribution is 2.27. The van der Waals surface area contributed by atoms with Crippen LogP contribution in [0.5, 0.6) is 11.5 Å². The average molecular weight is 344 g/mol. The monoisotopic (exact) mass is 344 g/mol. The maximum atomic E-state index is 5.34. The molecule has 6 nitrogen and oxygen atoms in total. The summed E-state index contributed by atoms with van der Waals surface area (Å²) in [6.07, 6.45) is 3.58. The topological polar surface area (TPSA) is 68.3 Å². The zero-order valence-electron chi connectivity index (χ0n) is 15.6. The van der Waals surface area contributed by atoms with E-state index in [1.807, 2.05) is 31.2 Å². The molecule has 1 aromatic carbocycles. The third kappa shape index (κ3) is 5.81. The molecule has 0 saturated heterocycles. The van der Waals surface area contributed by atoms with Crippen LogP contribution in [-0.4, -0.2) is 30.7 Å². The molecule has 136 valence electrons. The molecule has 2 aromatic rings. The number of anilines is 2. The zero-order chi connectivity index (χ0) is 18.1. The zero-order valence-corrected chi connectivity index (χ0v) is 15.6. The second-order valence-electron chi connectivity index (χ2n) is 5.86. The number of methoxy groups -OCH3 is 2. The van der Waals surface area contributed by atoms with Crippen LogP contribution in [0.1, 0.15) is 37.6 Å². The van der Waals surface area contributed by atoms with Gasteiger partial charge in [0.25, 0.3) is 0 Å². The lowest BCUT2D eigenvalue weighted by Crippen LogP contribution is -2.08. The molecule has 0 bridgehead atoms. The number of aryl methyl sites for hydroxylation is 1. The van der Waals surface area contributed by atoms with E-state index in [0.717, 1.165) is 47.5 Å². The average Bonchev–Trinajstić information content (AvgIpc) is 2.63. The summed E-state index contributed by atoms with van der Waals surface area (Å²) in [4.78, 5) is 8.89. The molecule has 0 saturated carbocycles. The smallest absolute Gasteiger partial charge is 0.161 e. The first-order valence-corrected chi connectivity index (χ1v) is 8.70. The first-order valence-electron chi connectivity index (χ1n) is 8.70. The van der Waals surface area contributed by atoms with Gasteiger partial charge in [-0.2, -0.15) is 0 Å². The number of hydrogen-bond acceptors (Lipinski definition) is 6. The molecule has 0 amide bonds. The van der Waals surface area contributed by atoms with Gasteiger partial charge >= 0.3 is 0 Å². The SMILES string of the molecule is CCCCCNc1cc(NCc2ccc(OC)c(OC)c2)nc(C)n1. The minimum atomic E-state index is 0.645. The van der Waals surface area contributed by atoms with Gasteiger partial charge in [-0.15, -0.1) is 0 Å². The lowest BCUT2D eigenvalue weighted by molar-refractivity contribution is 0.354. The van der Waals surface area contributed by atoms with Gasteiger partial charge < -0.3 is 20.1 Å². The van der Waals surface area contributed by atoms with Crippen molar-refractivity contribution >= 4 is 11.6 Å². The quantitative estimate of drug-likeness (QED) is 0.635. The molecule has 0 spiro atoms. The standard InChI is InChI=1S/C19H28N4O2/c1-5-6-7-10-20-18-12-19(23-14(2)22-18)21-13-15-8-9-16(24-3)17(11-15)25-4/h8-9,11-12H,5-7,10,13H2,1-4H3,(H2,20,21,22,23). The van der Waals surface area contributed by atoms with Crippen molar-refractivity contribution in [3.63, 3.8) is 0 Å². The molecule has 0 unspecified atom stereocenters. The molecule has 1 heterocycles. The maximum absolute atomic E-state index is 5.34. The van der Waals surface area contributed by atoms with E-state index in [1.165, 1.54) is 12.8 Å².